The van der Waals surface area contributed by atoms with Crippen molar-refractivity contribution in [2.24, 2.45) is 0 Å². The van der Waals surface area contributed by atoms with Crippen LogP contribution in [0.2, 0.25) is 0 Å². The molecular weight excluding hydrogens is 333 g/mol. The summed E-state index contributed by atoms with van der Waals surface area (Å²) in [7, 11) is 0. The molecule has 0 bridgehead atoms. The van der Waals surface area contributed by atoms with E-state index in [0.29, 0.717) is 24.7 Å². The molecule has 1 aromatic heterocycles. The summed E-state index contributed by atoms with van der Waals surface area (Å²) in [5, 5.41) is 2.55. The second kappa shape index (κ2) is 7.50. The van der Waals surface area contributed by atoms with E-state index >= 15 is 0 Å². The van der Waals surface area contributed by atoms with Crippen molar-refractivity contribution in [3.05, 3.63) is 47.3 Å². The fourth-order valence-electron chi connectivity index (χ4n) is 2.25. The maximum Gasteiger partial charge on any atom is 0.416 e. The normalized spacial score (nSPS) is 11.3. The molecule has 1 N–H and O–H groups in total. The van der Waals surface area contributed by atoms with E-state index in [0.717, 1.165) is 12.1 Å². The lowest BCUT2D eigenvalue weighted by atomic mass is 10.2. The van der Waals surface area contributed by atoms with Gasteiger partial charge >= 0.3 is 6.18 Å². The van der Waals surface area contributed by atoms with Crippen LogP contribution in [0.15, 0.2) is 30.3 Å². The molecule has 1 amide bonds. The van der Waals surface area contributed by atoms with Crippen LogP contribution in [0.1, 0.15) is 35.6 Å². The van der Waals surface area contributed by atoms with E-state index in [2.05, 4.69) is 15.3 Å². The molecule has 8 heteroatoms. The molecule has 134 valence electrons. The van der Waals surface area contributed by atoms with Gasteiger partial charge in [0.1, 0.15) is 5.69 Å². The molecule has 0 aliphatic heterocycles. The van der Waals surface area contributed by atoms with Crippen LogP contribution in [0.3, 0.4) is 0 Å². The van der Waals surface area contributed by atoms with E-state index < -0.39 is 17.6 Å². The molecule has 0 fully saturated rings. The van der Waals surface area contributed by atoms with Crippen molar-refractivity contribution in [2.45, 2.75) is 26.9 Å². The molecule has 0 atom stereocenters. The Kier molecular flexibility index (Phi) is 5.61. The van der Waals surface area contributed by atoms with Gasteiger partial charge in [-0.2, -0.15) is 13.2 Å². The number of benzene rings is 1. The number of nitrogens with one attached hydrogen (secondary N) is 1. The molecular formula is C17H19F3N4O. The number of alkyl halides is 3. The van der Waals surface area contributed by atoms with Gasteiger partial charge in [-0.15, -0.1) is 0 Å². The largest absolute Gasteiger partial charge is 0.416 e. The number of aryl methyl sites for hydroxylation is 1. The predicted octanol–water partition coefficient (Wildman–Crippen LogP) is 3.90. The summed E-state index contributed by atoms with van der Waals surface area (Å²) in [5.74, 6) is -0.0544. The van der Waals surface area contributed by atoms with Crippen LogP contribution in [-0.4, -0.2) is 29.0 Å². The van der Waals surface area contributed by atoms with Crippen molar-refractivity contribution in [1.82, 2.24) is 9.97 Å². The molecule has 0 aliphatic rings. The van der Waals surface area contributed by atoms with Crippen molar-refractivity contribution < 1.29 is 18.0 Å². The summed E-state index contributed by atoms with van der Waals surface area (Å²) < 4.78 is 37.7. The number of aromatic nitrogens is 2. The Labute approximate surface area is 143 Å². The summed E-state index contributed by atoms with van der Waals surface area (Å²) in [6.07, 6.45) is -4.41. The molecule has 0 unspecified atom stereocenters. The zero-order chi connectivity index (χ0) is 18.6. The summed E-state index contributed by atoms with van der Waals surface area (Å²) in [4.78, 5) is 22.8. The Morgan fingerprint density at radius 3 is 2.24 bits per heavy atom. The zero-order valence-electron chi connectivity index (χ0n) is 14.2. The van der Waals surface area contributed by atoms with Crippen LogP contribution in [-0.2, 0) is 6.18 Å². The highest BCUT2D eigenvalue weighted by Crippen LogP contribution is 2.29. The average Bonchev–Trinajstić information content (AvgIpc) is 2.55. The number of carbonyl (C=O) groups is 1. The number of hydrogen-bond donors (Lipinski definition) is 1. The van der Waals surface area contributed by atoms with Crippen LogP contribution in [0, 0.1) is 6.92 Å². The number of rotatable bonds is 5. The highest BCUT2D eigenvalue weighted by molar-refractivity contribution is 6.03. The van der Waals surface area contributed by atoms with Crippen LogP contribution >= 0.6 is 0 Å². The smallest absolute Gasteiger partial charge is 0.341 e. The lowest BCUT2D eigenvalue weighted by Crippen LogP contribution is -2.26. The third-order valence-electron chi connectivity index (χ3n) is 3.59. The van der Waals surface area contributed by atoms with E-state index in [1.165, 1.54) is 18.2 Å². The second-order valence-electron chi connectivity index (χ2n) is 5.40. The minimum Gasteiger partial charge on any atom is -0.341 e. The topological polar surface area (TPSA) is 58.1 Å². The van der Waals surface area contributed by atoms with E-state index in [1.807, 2.05) is 18.7 Å². The molecule has 2 aromatic rings. The number of hydrogen-bond acceptors (Lipinski definition) is 4. The number of anilines is 2. The molecule has 0 aliphatic carbocycles. The summed E-state index contributed by atoms with van der Waals surface area (Å²) in [6, 6.07) is 5.79. The highest BCUT2D eigenvalue weighted by atomic mass is 19.4. The van der Waals surface area contributed by atoms with E-state index in [4.69, 9.17) is 0 Å². The summed E-state index contributed by atoms with van der Waals surface area (Å²) in [6.45, 7) is 7.05. The Morgan fingerprint density at radius 1 is 1.12 bits per heavy atom. The zero-order valence-corrected chi connectivity index (χ0v) is 14.2. The Hall–Kier alpha value is -2.64. The molecule has 25 heavy (non-hydrogen) atoms. The first-order valence-corrected chi connectivity index (χ1v) is 7.83. The third-order valence-corrected chi connectivity index (χ3v) is 3.59. The number of amides is 1. The fraction of sp³-hybridized carbons (Fsp3) is 0.353. The fourth-order valence-corrected chi connectivity index (χ4v) is 2.25. The van der Waals surface area contributed by atoms with Gasteiger partial charge in [0, 0.05) is 24.5 Å². The monoisotopic (exact) mass is 352 g/mol. The molecule has 0 saturated heterocycles. The standard InChI is InChI=1S/C17H19F3N4O/c1-4-24(5-2)16-21-11(3)10-14(23-16)15(25)22-13-8-6-12(7-9-13)17(18,19)20/h6-10H,4-5H2,1-3H3,(H,22,25). The Balaban J connectivity index is 2.20. The second-order valence-corrected chi connectivity index (χ2v) is 5.40. The first-order chi connectivity index (χ1) is 11.7. The van der Waals surface area contributed by atoms with Crippen molar-refractivity contribution in [3.63, 3.8) is 0 Å². The highest BCUT2D eigenvalue weighted by Gasteiger charge is 2.30. The minimum absolute atomic E-state index is 0.161. The maximum absolute atomic E-state index is 12.6. The van der Waals surface area contributed by atoms with Gasteiger partial charge in [0.2, 0.25) is 5.95 Å². The van der Waals surface area contributed by atoms with Gasteiger partial charge in [0.25, 0.3) is 5.91 Å². The average molecular weight is 352 g/mol. The molecule has 0 radical (unpaired) electrons. The molecule has 0 spiro atoms. The van der Waals surface area contributed by atoms with Gasteiger partial charge in [0.05, 0.1) is 5.56 Å². The molecule has 0 saturated carbocycles. The van der Waals surface area contributed by atoms with Gasteiger partial charge in [0.15, 0.2) is 0 Å². The van der Waals surface area contributed by atoms with Crippen LogP contribution in [0.5, 0.6) is 0 Å². The lowest BCUT2D eigenvalue weighted by Gasteiger charge is -2.19. The predicted molar refractivity (Wildman–Crippen MR) is 89.7 cm³/mol. The van der Waals surface area contributed by atoms with Gasteiger partial charge in [-0.25, -0.2) is 9.97 Å². The Bertz CT molecular complexity index is 741. The van der Waals surface area contributed by atoms with Crippen LogP contribution < -0.4 is 10.2 Å². The van der Waals surface area contributed by atoms with E-state index in [9.17, 15) is 18.0 Å². The van der Waals surface area contributed by atoms with Gasteiger partial charge < -0.3 is 10.2 Å². The number of carbonyl (C=O) groups excluding carboxylic acids is 1. The molecule has 2 rings (SSSR count). The minimum atomic E-state index is -4.41. The summed E-state index contributed by atoms with van der Waals surface area (Å²) >= 11 is 0. The Morgan fingerprint density at radius 2 is 1.72 bits per heavy atom. The van der Waals surface area contributed by atoms with E-state index in [1.54, 1.807) is 6.92 Å². The van der Waals surface area contributed by atoms with Crippen molar-refractivity contribution in [3.8, 4) is 0 Å². The van der Waals surface area contributed by atoms with Crippen LogP contribution in [0.4, 0.5) is 24.8 Å². The van der Waals surface area contributed by atoms with Crippen molar-refractivity contribution in [2.75, 3.05) is 23.3 Å². The van der Waals surface area contributed by atoms with Gasteiger partial charge in [-0.05, 0) is 51.1 Å². The maximum atomic E-state index is 12.6. The van der Waals surface area contributed by atoms with Gasteiger partial charge in [-0.3, -0.25) is 4.79 Å². The van der Waals surface area contributed by atoms with Crippen molar-refractivity contribution >= 4 is 17.5 Å². The molecule has 1 aromatic carbocycles. The number of halogens is 3. The van der Waals surface area contributed by atoms with E-state index in [-0.39, 0.29) is 11.4 Å². The first-order valence-electron chi connectivity index (χ1n) is 7.83. The quantitative estimate of drug-likeness (QED) is 0.887. The third kappa shape index (κ3) is 4.68. The number of nitrogens with zero attached hydrogens (tertiary/aromatic N) is 3. The first kappa shape index (κ1) is 18.7. The SMILES string of the molecule is CCN(CC)c1nc(C)cc(C(=O)Nc2ccc(C(F)(F)F)cc2)n1. The van der Waals surface area contributed by atoms with Crippen molar-refractivity contribution in [1.29, 1.82) is 0 Å². The molecule has 5 nitrogen and oxygen atoms in total. The lowest BCUT2D eigenvalue weighted by molar-refractivity contribution is -0.137. The van der Waals surface area contributed by atoms with Crippen LogP contribution in [0.25, 0.3) is 0 Å². The summed E-state index contributed by atoms with van der Waals surface area (Å²) in [5.41, 5.74) is 0.287. The van der Waals surface area contributed by atoms with Gasteiger partial charge in [-0.1, -0.05) is 0 Å². The molecule has 1 heterocycles.